The molecular formula is C31H29BrN6O11. The Morgan fingerprint density at radius 2 is 1.78 bits per heavy atom. The lowest BCUT2D eigenvalue weighted by atomic mass is 9.95. The number of urea groups is 1. The zero-order chi connectivity index (χ0) is 35.7. The van der Waals surface area contributed by atoms with Crippen LogP contribution in [0.3, 0.4) is 0 Å². The highest BCUT2D eigenvalue weighted by Gasteiger charge is 2.32. The number of methoxy groups -OCH3 is 1. The minimum Gasteiger partial charge on any atom is -0.493 e. The minimum absolute atomic E-state index is 0.0660. The summed E-state index contributed by atoms with van der Waals surface area (Å²) in [6.45, 7) is 2.83. The molecule has 0 bridgehead atoms. The number of nitro groups is 2. The third-order valence-corrected chi connectivity index (χ3v) is 7.41. The molecule has 18 heteroatoms. The van der Waals surface area contributed by atoms with Crippen LogP contribution in [0.15, 0.2) is 75.4 Å². The molecule has 1 heterocycles. The third kappa shape index (κ3) is 9.07. The van der Waals surface area contributed by atoms with Gasteiger partial charge in [0.1, 0.15) is 6.61 Å². The standard InChI is InChI=1S/C31H29BrN6O11/c1-4-47-30(40)27-17(2)34-31(41)35-28(27)20-7-10-24(25(13-20)46-3)48-16-26(39)36-33-14-19-11-22(32)29(23(12-19)38(44)45)49-15-18-5-8-21(9-6-18)37(42)43/h5-14,28H,4,15-16H2,1-3H3,(H,36,39)(H2,34,35,41)/b33-14+/t28-/m0/s1. The molecule has 256 valence electrons. The molecule has 49 heavy (non-hydrogen) atoms. The van der Waals surface area contributed by atoms with Gasteiger partial charge < -0.3 is 29.6 Å². The van der Waals surface area contributed by atoms with E-state index < -0.39 is 40.4 Å². The summed E-state index contributed by atoms with van der Waals surface area (Å²) in [5.41, 5.74) is 3.67. The summed E-state index contributed by atoms with van der Waals surface area (Å²) >= 11 is 3.26. The second-order valence-corrected chi connectivity index (χ2v) is 11.0. The Morgan fingerprint density at radius 3 is 2.43 bits per heavy atom. The van der Waals surface area contributed by atoms with Crippen LogP contribution < -0.4 is 30.3 Å². The van der Waals surface area contributed by atoms with Crippen molar-refractivity contribution in [1.82, 2.24) is 16.1 Å². The number of hydrazone groups is 1. The van der Waals surface area contributed by atoms with Crippen molar-refractivity contribution >= 4 is 51.4 Å². The van der Waals surface area contributed by atoms with E-state index in [9.17, 15) is 34.6 Å². The van der Waals surface area contributed by atoms with Crippen molar-refractivity contribution in [1.29, 1.82) is 0 Å². The van der Waals surface area contributed by atoms with E-state index in [-0.39, 0.29) is 57.4 Å². The number of carbonyl (C=O) groups is 3. The van der Waals surface area contributed by atoms with Gasteiger partial charge >= 0.3 is 17.7 Å². The first kappa shape index (κ1) is 35.8. The van der Waals surface area contributed by atoms with Gasteiger partial charge in [0.15, 0.2) is 18.1 Å². The summed E-state index contributed by atoms with van der Waals surface area (Å²) in [5.74, 6) is -0.917. The average Bonchev–Trinajstić information content (AvgIpc) is 3.06. The van der Waals surface area contributed by atoms with Crippen molar-refractivity contribution in [3.63, 3.8) is 0 Å². The summed E-state index contributed by atoms with van der Waals surface area (Å²) < 4.78 is 22.0. The fourth-order valence-electron chi connectivity index (χ4n) is 4.58. The molecule has 0 fully saturated rings. The normalized spacial score (nSPS) is 14.0. The van der Waals surface area contributed by atoms with Gasteiger partial charge in [0.25, 0.3) is 11.6 Å². The van der Waals surface area contributed by atoms with Crippen LogP contribution in [-0.4, -0.2) is 54.3 Å². The Bertz CT molecular complexity index is 1850. The Labute approximate surface area is 286 Å². The van der Waals surface area contributed by atoms with E-state index in [0.717, 1.165) is 0 Å². The van der Waals surface area contributed by atoms with Crippen LogP contribution in [0.2, 0.25) is 0 Å². The quantitative estimate of drug-likeness (QED) is 0.0898. The topological polar surface area (TPSA) is 223 Å². The zero-order valence-electron chi connectivity index (χ0n) is 26.2. The first-order valence-electron chi connectivity index (χ1n) is 14.3. The number of halogens is 1. The largest absolute Gasteiger partial charge is 0.493 e. The number of benzene rings is 3. The lowest BCUT2D eigenvalue weighted by Gasteiger charge is -2.28. The van der Waals surface area contributed by atoms with Gasteiger partial charge in [-0.05, 0) is 71.2 Å². The van der Waals surface area contributed by atoms with Crippen molar-refractivity contribution < 1.29 is 43.2 Å². The highest BCUT2D eigenvalue weighted by Crippen LogP contribution is 2.37. The van der Waals surface area contributed by atoms with E-state index >= 15 is 0 Å². The molecule has 0 aromatic heterocycles. The molecule has 1 atom stereocenters. The Balaban J connectivity index is 1.39. The SMILES string of the molecule is CCOC(=O)C1=C(C)NC(=O)N[C@H]1c1ccc(OCC(=O)N/N=C/c2cc(Br)c(OCc3ccc([N+](=O)[O-])cc3)c([N+](=O)[O-])c2)c(OC)c1. The fourth-order valence-corrected chi connectivity index (χ4v) is 5.16. The van der Waals surface area contributed by atoms with Crippen LogP contribution in [0.25, 0.3) is 0 Å². The van der Waals surface area contributed by atoms with E-state index in [4.69, 9.17) is 18.9 Å². The molecule has 1 aliphatic rings. The monoisotopic (exact) mass is 740 g/mol. The van der Waals surface area contributed by atoms with Crippen LogP contribution >= 0.6 is 15.9 Å². The van der Waals surface area contributed by atoms with Crippen molar-refractivity contribution in [2.75, 3.05) is 20.3 Å². The number of non-ortho nitro benzene ring substituents is 1. The maximum atomic E-state index is 12.6. The lowest BCUT2D eigenvalue weighted by molar-refractivity contribution is -0.386. The molecule has 0 saturated carbocycles. The molecule has 17 nitrogen and oxygen atoms in total. The number of amides is 3. The number of ether oxygens (including phenoxy) is 4. The van der Waals surface area contributed by atoms with Gasteiger partial charge in [-0.2, -0.15) is 5.10 Å². The molecule has 3 amide bonds. The second kappa shape index (κ2) is 16.2. The second-order valence-electron chi connectivity index (χ2n) is 10.1. The van der Waals surface area contributed by atoms with Gasteiger partial charge in [-0.15, -0.1) is 0 Å². The fraction of sp³-hybridized carbons (Fsp3) is 0.226. The van der Waals surface area contributed by atoms with Crippen LogP contribution in [0.1, 0.15) is 36.6 Å². The van der Waals surface area contributed by atoms with Crippen LogP contribution in [0, 0.1) is 20.2 Å². The summed E-state index contributed by atoms with van der Waals surface area (Å²) in [6, 6.07) is 11.6. The summed E-state index contributed by atoms with van der Waals surface area (Å²) in [6.07, 6.45) is 1.19. The van der Waals surface area contributed by atoms with Gasteiger partial charge in [-0.3, -0.25) is 25.0 Å². The first-order chi connectivity index (χ1) is 23.4. The highest BCUT2D eigenvalue weighted by molar-refractivity contribution is 9.10. The number of carbonyl (C=O) groups excluding carboxylic acids is 3. The molecule has 3 aromatic carbocycles. The number of hydrogen-bond acceptors (Lipinski definition) is 12. The number of esters is 1. The van der Waals surface area contributed by atoms with Crippen LogP contribution in [0.5, 0.6) is 17.2 Å². The first-order valence-corrected chi connectivity index (χ1v) is 15.1. The van der Waals surface area contributed by atoms with Crippen molar-refractivity contribution in [3.8, 4) is 17.2 Å². The number of nitrogens with zero attached hydrogens (tertiary/aromatic N) is 3. The van der Waals surface area contributed by atoms with E-state index in [1.165, 1.54) is 55.8 Å². The predicted molar refractivity (Wildman–Crippen MR) is 176 cm³/mol. The zero-order valence-corrected chi connectivity index (χ0v) is 27.8. The molecule has 0 radical (unpaired) electrons. The van der Waals surface area contributed by atoms with Crippen LogP contribution in [-0.2, 0) is 20.9 Å². The molecule has 3 aromatic rings. The summed E-state index contributed by atoms with van der Waals surface area (Å²) in [5, 5.41) is 31.7. The molecule has 3 N–H and O–H groups in total. The maximum Gasteiger partial charge on any atom is 0.338 e. The van der Waals surface area contributed by atoms with Gasteiger partial charge in [-0.1, -0.05) is 6.07 Å². The van der Waals surface area contributed by atoms with Crippen molar-refractivity contribution in [2.24, 2.45) is 5.10 Å². The van der Waals surface area contributed by atoms with Crippen molar-refractivity contribution in [3.05, 3.63) is 107 Å². The molecule has 0 saturated heterocycles. The lowest BCUT2D eigenvalue weighted by Crippen LogP contribution is -2.45. The number of nitrogens with one attached hydrogen (secondary N) is 3. The molecule has 0 unspecified atom stereocenters. The molecule has 1 aliphatic heterocycles. The van der Waals surface area contributed by atoms with E-state index in [2.05, 4.69) is 37.1 Å². The van der Waals surface area contributed by atoms with Crippen molar-refractivity contribution in [2.45, 2.75) is 26.5 Å². The Kier molecular flexibility index (Phi) is 11.8. The predicted octanol–water partition coefficient (Wildman–Crippen LogP) is 4.57. The van der Waals surface area contributed by atoms with Crippen LogP contribution in [0.4, 0.5) is 16.2 Å². The number of allylic oxidation sites excluding steroid dienone is 1. The third-order valence-electron chi connectivity index (χ3n) is 6.82. The molecule has 0 aliphatic carbocycles. The molecule has 0 spiro atoms. The highest BCUT2D eigenvalue weighted by atomic mass is 79.9. The molecular weight excluding hydrogens is 712 g/mol. The minimum atomic E-state index is -0.833. The summed E-state index contributed by atoms with van der Waals surface area (Å²) in [7, 11) is 1.38. The van der Waals surface area contributed by atoms with Gasteiger partial charge in [-0.25, -0.2) is 15.0 Å². The van der Waals surface area contributed by atoms with Gasteiger partial charge in [0.2, 0.25) is 5.75 Å². The maximum absolute atomic E-state index is 12.6. The van der Waals surface area contributed by atoms with Gasteiger partial charge in [0.05, 0.1) is 45.9 Å². The number of rotatable bonds is 14. The Hall–Kier alpha value is -6.04. The molecule has 4 rings (SSSR count). The summed E-state index contributed by atoms with van der Waals surface area (Å²) in [4.78, 5) is 58.7. The van der Waals surface area contributed by atoms with Gasteiger partial charge in [0, 0.05) is 29.5 Å². The smallest absolute Gasteiger partial charge is 0.338 e. The van der Waals surface area contributed by atoms with E-state index in [1.54, 1.807) is 26.0 Å². The Morgan fingerprint density at radius 1 is 1.04 bits per heavy atom. The number of hydrogen-bond donors (Lipinski definition) is 3. The van der Waals surface area contributed by atoms with E-state index in [0.29, 0.717) is 16.8 Å². The average molecular weight is 742 g/mol. The number of nitro benzene ring substituents is 2. The van der Waals surface area contributed by atoms with E-state index in [1.807, 2.05) is 0 Å².